The average Bonchev–Trinajstić information content (AvgIpc) is 3.05. The third-order valence-electron chi connectivity index (χ3n) is 4.17. The van der Waals surface area contributed by atoms with E-state index in [2.05, 4.69) is 26.8 Å². The van der Waals surface area contributed by atoms with Gasteiger partial charge in [-0.3, -0.25) is 4.99 Å². The molecule has 0 fully saturated rings. The number of nitrogens with one attached hydrogen (secondary N) is 2. The minimum absolute atomic E-state index is 0. The van der Waals surface area contributed by atoms with Gasteiger partial charge < -0.3 is 21.1 Å². The summed E-state index contributed by atoms with van der Waals surface area (Å²) in [6, 6.07) is 11.8. The van der Waals surface area contributed by atoms with E-state index in [1.807, 2.05) is 37.3 Å². The number of ether oxygens (including phenoxy) is 1. The van der Waals surface area contributed by atoms with E-state index in [0.29, 0.717) is 30.0 Å². The number of aliphatic imine (C=N–C) groups is 1. The molecule has 1 heterocycles. The van der Waals surface area contributed by atoms with Gasteiger partial charge in [-0.2, -0.15) is 10.4 Å². The number of benzene rings is 1. The number of halogens is 1. The molecule has 0 aliphatic rings. The Labute approximate surface area is 189 Å². The first-order chi connectivity index (χ1) is 13.7. The molecule has 1 aromatic carbocycles. The lowest BCUT2D eigenvalue weighted by Crippen LogP contribution is -2.38. The Bertz CT molecular complexity index is 799. The van der Waals surface area contributed by atoms with Crippen LogP contribution in [0.5, 0.6) is 0 Å². The van der Waals surface area contributed by atoms with E-state index in [-0.39, 0.29) is 24.0 Å². The lowest BCUT2D eigenvalue weighted by Gasteiger charge is -2.11. The molecule has 0 saturated heterocycles. The Hall–Kier alpha value is -2.32. The lowest BCUT2D eigenvalue weighted by molar-refractivity contribution is 0.145. The lowest BCUT2D eigenvalue weighted by atomic mass is 10.1. The van der Waals surface area contributed by atoms with Crippen molar-refractivity contribution in [2.45, 2.75) is 26.2 Å². The first-order valence-electron chi connectivity index (χ1n) is 9.56. The number of hydrogen-bond donors (Lipinski definition) is 3. The van der Waals surface area contributed by atoms with Gasteiger partial charge in [0.2, 0.25) is 0 Å². The fourth-order valence-corrected chi connectivity index (χ4v) is 2.75. The van der Waals surface area contributed by atoms with Crippen LogP contribution in [0.1, 0.15) is 31.0 Å². The number of para-hydroxylation sites is 1. The second-order valence-electron chi connectivity index (χ2n) is 6.15. The van der Waals surface area contributed by atoms with Gasteiger partial charge >= 0.3 is 0 Å². The van der Waals surface area contributed by atoms with Crippen LogP contribution in [-0.2, 0) is 11.2 Å². The summed E-state index contributed by atoms with van der Waals surface area (Å²) < 4.78 is 6.94. The second kappa shape index (κ2) is 13.8. The largest absolute Gasteiger partial charge is 0.382 e. The number of nitrogens with zero attached hydrogens (tertiary/aromatic N) is 4. The summed E-state index contributed by atoms with van der Waals surface area (Å²) in [5.74, 6) is 1.13. The van der Waals surface area contributed by atoms with Crippen LogP contribution < -0.4 is 16.4 Å². The number of nitrogens with two attached hydrogens (primary N) is 1. The Morgan fingerprint density at radius 1 is 1.24 bits per heavy atom. The standard InChI is InChI=1S/C20H29N7O.HI/c1-3-28-14-8-13-25-20(23-2)24-12-7-11-18-17(15-21)19(22)27(26-18)16-9-5-4-6-10-16;/h4-6,9-10H,3,7-8,11-14,22H2,1-2H3,(H2,23,24,25);1H. The zero-order valence-electron chi connectivity index (χ0n) is 17.0. The molecule has 8 nitrogen and oxygen atoms in total. The van der Waals surface area contributed by atoms with E-state index < -0.39 is 0 Å². The van der Waals surface area contributed by atoms with Crippen LogP contribution in [-0.4, -0.2) is 49.1 Å². The number of guanidine groups is 1. The van der Waals surface area contributed by atoms with Crippen LogP contribution in [0.2, 0.25) is 0 Å². The first kappa shape index (κ1) is 24.7. The molecule has 0 saturated carbocycles. The van der Waals surface area contributed by atoms with E-state index in [9.17, 15) is 5.26 Å². The minimum Gasteiger partial charge on any atom is -0.382 e. The molecule has 0 amide bonds. The molecule has 4 N–H and O–H groups in total. The molecule has 0 spiro atoms. The molecular weight excluding hydrogens is 481 g/mol. The van der Waals surface area contributed by atoms with Crippen molar-refractivity contribution in [3.05, 3.63) is 41.6 Å². The number of nitriles is 1. The number of aryl methyl sites for hydroxylation is 1. The van der Waals surface area contributed by atoms with Crippen molar-refractivity contribution in [1.29, 1.82) is 5.26 Å². The van der Waals surface area contributed by atoms with E-state index in [0.717, 1.165) is 44.2 Å². The predicted molar refractivity (Wildman–Crippen MR) is 127 cm³/mol. The Morgan fingerprint density at radius 2 is 1.93 bits per heavy atom. The van der Waals surface area contributed by atoms with Crippen molar-refractivity contribution in [1.82, 2.24) is 20.4 Å². The third kappa shape index (κ3) is 7.55. The zero-order chi connectivity index (χ0) is 20.2. The topological polar surface area (TPSA) is 113 Å². The van der Waals surface area contributed by atoms with Gasteiger partial charge in [0.05, 0.1) is 11.4 Å². The second-order valence-corrected chi connectivity index (χ2v) is 6.15. The fourth-order valence-electron chi connectivity index (χ4n) is 2.75. The quantitative estimate of drug-likeness (QED) is 0.196. The molecular formula is C20H30IN7O. The molecule has 0 bridgehead atoms. The summed E-state index contributed by atoms with van der Waals surface area (Å²) in [7, 11) is 1.74. The highest BCUT2D eigenvalue weighted by Crippen LogP contribution is 2.21. The molecule has 0 unspecified atom stereocenters. The van der Waals surface area contributed by atoms with E-state index in [1.165, 1.54) is 0 Å². The van der Waals surface area contributed by atoms with Crippen LogP contribution in [0.15, 0.2) is 35.3 Å². The van der Waals surface area contributed by atoms with E-state index in [1.54, 1.807) is 11.7 Å². The predicted octanol–water partition coefficient (Wildman–Crippen LogP) is 2.47. The van der Waals surface area contributed by atoms with Crippen molar-refractivity contribution >= 4 is 35.8 Å². The Kier molecular flexibility index (Phi) is 11.8. The maximum atomic E-state index is 9.46. The molecule has 2 aromatic rings. The molecule has 0 radical (unpaired) electrons. The van der Waals surface area contributed by atoms with Gasteiger partial charge in [0.1, 0.15) is 17.5 Å². The number of anilines is 1. The number of nitrogen functional groups attached to an aromatic ring is 1. The van der Waals surface area contributed by atoms with Crippen LogP contribution in [0, 0.1) is 11.3 Å². The van der Waals surface area contributed by atoms with Gasteiger partial charge in [0, 0.05) is 33.4 Å². The molecule has 9 heteroatoms. The van der Waals surface area contributed by atoms with Crippen LogP contribution in [0.3, 0.4) is 0 Å². The summed E-state index contributed by atoms with van der Waals surface area (Å²) in [5.41, 5.74) is 8.14. The summed E-state index contributed by atoms with van der Waals surface area (Å²) in [6.45, 7) is 4.98. The molecule has 158 valence electrons. The number of hydrogen-bond acceptors (Lipinski definition) is 5. The van der Waals surface area contributed by atoms with Gasteiger partial charge in [0.15, 0.2) is 5.96 Å². The minimum atomic E-state index is 0. The maximum absolute atomic E-state index is 9.46. The number of aromatic nitrogens is 2. The molecule has 0 aliphatic heterocycles. The molecule has 0 atom stereocenters. The molecule has 2 rings (SSSR count). The fraction of sp³-hybridized carbons (Fsp3) is 0.450. The van der Waals surface area contributed by atoms with Crippen LogP contribution in [0.4, 0.5) is 5.82 Å². The van der Waals surface area contributed by atoms with Gasteiger partial charge in [-0.15, -0.1) is 24.0 Å². The third-order valence-corrected chi connectivity index (χ3v) is 4.17. The molecule has 0 aliphatic carbocycles. The highest BCUT2D eigenvalue weighted by molar-refractivity contribution is 14.0. The Balaban J connectivity index is 0.00000420. The monoisotopic (exact) mass is 511 g/mol. The zero-order valence-corrected chi connectivity index (χ0v) is 19.3. The van der Waals surface area contributed by atoms with Crippen molar-refractivity contribution in [3.8, 4) is 11.8 Å². The average molecular weight is 511 g/mol. The summed E-state index contributed by atoms with van der Waals surface area (Å²) in [4.78, 5) is 4.20. The number of rotatable bonds is 10. The first-order valence-corrected chi connectivity index (χ1v) is 9.56. The van der Waals surface area contributed by atoms with Gasteiger partial charge in [-0.25, -0.2) is 4.68 Å². The normalized spacial score (nSPS) is 10.9. The highest BCUT2D eigenvalue weighted by atomic mass is 127. The van der Waals surface area contributed by atoms with Gasteiger partial charge in [-0.05, 0) is 38.3 Å². The SMILES string of the molecule is CCOCCCNC(=NC)NCCCc1nn(-c2ccccc2)c(N)c1C#N.I. The highest BCUT2D eigenvalue weighted by Gasteiger charge is 2.16. The molecule has 29 heavy (non-hydrogen) atoms. The van der Waals surface area contributed by atoms with E-state index in [4.69, 9.17) is 10.5 Å². The van der Waals surface area contributed by atoms with Crippen molar-refractivity contribution in [3.63, 3.8) is 0 Å². The Morgan fingerprint density at radius 3 is 2.55 bits per heavy atom. The summed E-state index contributed by atoms with van der Waals surface area (Å²) in [5, 5.41) is 20.5. The summed E-state index contributed by atoms with van der Waals surface area (Å²) in [6.07, 6.45) is 2.39. The van der Waals surface area contributed by atoms with E-state index >= 15 is 0 Å². The van der Waals surface area contributed by atoms with Crippen molar-refractivity contribution in [2.75, 3.05) is 39.1 Å². The maximum Gasteiger partial charge on any atom is 0.190 e. The van der Waals surface area contributed by atoms with Crippen LogP contribution in [0.25, 0.3) is 5.69 Å². The van der Waals surface area contributed by atoms with Gasteiger partial charge in [-0.1, -0.05) is 18.2 Å². The summed E-state index contributed by atoms with van der Waals surface area (Å²) >= 11 is 0. The van der Waals surface area contributed by atoms with Crippen LogP contribution >= 0.6 is 24.0 Å². The van der Waals surface area contributed by atoms with Crippen molar-refractivity contribution in [2.24, 2.45) is 4.99 Å². The smallest absolute Gasteiger partial charge is 0.190 e. The van der Waals surface area contributed by atoms with Crippen molar-refractivity contribution < 1.29 is 4.74 Å². The van der Waals surface area contributed by atoms with Gasteiger partial charge in [0.25, 0.3) is 0 Å². The molecule has 1 aromatic heterocycles.